The summed E-state index contributed by atoms with van der Waals surface area (Å²) in [7, 11) is 1.69. The first-order valence-electron chi connectivity index (χ1n) is 4.46. The summed E-state index contributed by atoms with van der Waals surface area (Å²) in [6.45, 7) is 4.16. The van der Waals surface area contributed by atoms with E-state index < -0.39 is 0 Å². The number of fused-ring (bicyclic) bond motifs is 1. The second-order valence-corrected chi connectivity index (χ2v) is 4.25. The Balaban J connectivity index is 2.87. The SMILES string of the molecule is COc1cc(C)cc2c(C)c(Br)[nH]c12. The molecule has 0 spiro atoms. The third-order valence-corrected chi connectivity index (χ3v) is 3.23. The maximum atomic E-state index is 5.32. The molecule has 1 aromatic carbocycles. The minimum atomic E-state index is 0.897. The normalized spacial score (nSPS) is 10.9. The number of hydrogen-bond acceptors (Lipinski definition) is 1. The van der Waals surface area contributed by atoms with Gasteiger partial charge in [-0.1, -0.05) is 0 Å². The molecule has 2 nitrogen and oxygen atoms in total. The number of methoxy groups -OCH3 is 1. The molecule has 0 atom stereocenters. The van der Waals surface area contributed by atoms with Gasteiger partial charge in [-0.05, 0) is 53.0 Å². The Morgan fingerprint density at radius 2 is 2.00 bits per heavy atom. The van der Waals surface area contributed by atoms with E-state index in [4.69, 9.17) is 4.74 Å². The van der Waals surface area contributed by atoms with Gasteiger partial charge in [0.2, 0.25) is 0 Å². The number of aromatic nitrogens is 1. The van der Waals surface area contributed by atoms with Crippen LogP contribution in [-0.2, 0) is 0 Å². The second-order valence-electron chi connectivity index (χ2n) is 3.45. The Labute approximate surface area is 91.4 Å². The molecule has 0 saturated carbocycles. The van der Waals surface area contributed by atoms with E-state index in [1.165, 1.54) is 16.5 Å². The fraction of sp³-hybridized carbons (Fsp3) is 0.273. The molecule has 2 aromatic rings. The zero-order valence-electron chi connectivity index (χ0n) is 8.44. The topological polar surface area (TPSA) is 25.0 Å². The Kier molecular flexibility index (Phi) is 2.27. The predicted octanol–water partition coefficient (Wildman–Crippen LogP) is 3.56. The Morgan fingerprint density at radius 3 is 2.64 bits per heavy atom. The maximum Gasteiger partial charge on any atom is 0.143 e. The van der Waals surface area contributed by atoms with Crippen LogP contribution in [0.15, 0.2) is 16.7 Å². The van der Waals surface area contributed by atoms with Gasteiger partial charge >= 0.3 is 0 Å². The standard InChI is InChI=1S/C11H12BrNO/c1-6-4-8-7(2)11(12)13-10(8)9(5-6)14-3/h4-5,13H,1-3H3. The highest BCUT2D eigenvalue weighted by Gasteiger charge is 2.09. The summed E-state index contributed by atoms with van der Waals surface area (Å²) in [5, 5.41) is 1.22. The summed E-state index contributed by atoms with van der Waals surface area (Å²) in [4.78, 5) is 3.27. The van der Waals surface area contributed by atoms with Crippen LogP contribution in [0.1, 0.15) is 11.1 Å². The number of benzene rings is 1. The zero-order chi connectivity index (χ0) is 10.3. The summed E-state index contributed by atoms with van der Waals surface area (Å²) >= 11 is 3.49. The minimum Gasteiger partial charge on any atom is -0.495 e. The molecule has 1 N–H and O–H groups in total. The van der Waals surface area contributed by atoms with E-state index in [0.29, 0.717) is 0 Å². The highest BCUT2D eigenvalue weighted by atomic mass is 79.9. The molecule has 0 fully saturated rings. The van der Waals surface area contributed by atoms with Crippen LogP contribution in [0, 0.1) is 13.8 Å². The van der Waals surface area contributed by atoms with Crippen molar-refractivity contribution in [3.63, 3.8) is 0 Å². The van der Waals surface area contributed by atoms with Gasteiger partial charge in [0, 0.05) is 5.39 Å². The molecule has 0 unspecified atom stereocenters. The van der Waals surface area contributed by atoms with Gasteiger partial charge in [0.15, 0.2) is 0 Å². The van der Waals surface area contributed by atoms with E-state index in [2.05, 4.69) is 40.8 Å². The molecule has 14 heavy (non-hydrogen) atoms. The van der Waals surface area contributed by atoms with E-state index in [1.807, 2.05) is 6.07 Å². The lowest BCUT2D eigenvalue weighted by molar-refractivity contribution is 0.418. The van der Waals surface area contributed by atoms with Gasteiger partial charge < -0.3 is 9.72 Å². The molecule has 1 heterocycles. The summed E-state index contributed by atoms with van der Waals surface area (Å²) in [5.41, 5.74) is 3.49. The van der Waals surface area contributed by atoms with Crippen LogP contribution in [-0.4, -0.2) is 12.1 Å². The van der Waals surface area contributed by atoms with E-state index in [9.17, 15) is 0 Å². The predicted molar refractivity (Wildman–Crippen MR) is 62.0 cm³/mol. The molecule has 0 aliphatic rings. The smallest absolute Gasteiger partial charge is 0.143 e. The lowest BCUT2D eigenvalue weighted by atomic mass is 10.1. The number of aromatic amines is 1. The monoisotopic (exact) mass is 253 g/mol. The van der Waals surface area contributed by atoms with Gasteiger partial charge in [0.05, 0.1) is 17.2 Å². The third-order valence-electron chi connectivity index (χ3n) is 2.43. The molecular formula is C11H12BrNO. The number of H-pyrrole nitrogens is 1. The summed E-state index contributed by atoms with van der Waals surface area (Å²) in [5.74, 6) is 0.897. The van der Waals surface area contributed by atoms with E-state index in [0.717, 1.165) is 15.9 Å². The number of hydrogen-bond donors (Lipinski definition) is 1. The Bertz CT molecular complexity index is 487. The van der Waals surface area contributed by atoms with Crippen molar-refractivity contribution < 1.29 is 4.74 Å². The highest BCUT2D eigenvalue weighted by molar-refractivity contribution is 9.10. The van der Waals surface area contributed by atoms with Crippen molar-refractivity contribution in [3.05, 3.63) is 27.9 Å². The quantitative estimate of drug-likeness (QED) is 0.826. The summed E-state index contributed by atoms with van der Waals surface area (Å²) in [6, 6.07) is 4.19. The third kappa shape index (κ3) is 1.32. The van der Waals surface area contributed by atoms with Crippen molar-refractivity contribution in [1.82, 2.24) is 4.98 Å². The highest BCUT2D eigenvalue weighted by Crippen LogP contribution is 2.32. The van der Waals surface area contributed by atoms with Gasteiger partial charge in [-0.2, -0.15) is 0 Å². The molecule has 0 aliphatic heterocycles. The van der Waals surface area contributed by atoms with Crippen LogP contribution >= 0.6 is 15.9 Å². The second kappa shape index (κ2) is 3.31. The van der Waals surface area contributed by atoms with Gasteiger partial charge in [-0.25, -0.2) is 0 Å². The van der Waals surface area contributed by atoms with Gasteiger partial charge in [-0.15, -0.1) is 0 Å². The van der Waals surface area contributed by atoms with Crippen molar-refractivity contribution in [2.24, 2.45) is 0 Å². The molecule has 1 aromatic heterocycles. The van der Waals surface area contributed by atoms with Crippen LogP contribution in [0.25, 0.3) is 10.9 Å². The first-order valence-corrected chi connectivity index (χ1v) is 5.25. The van der Waals surface area contributed by atoms with E-state index in [-0.39, 0.29) is 0 Å². The molecule has 0 amide bonds. The van der Waals surface area contributed by atoms with Crippen LogP contribution in [0.2, 0.25) is 0 Å². The van der Waals surface area contributed by atoms with Crippen LogP contribution < -0.4 is 4.74 Å². The van der Waals surface area contributed by atoms with Gasteiger partial charge in [0.25, 0.3) is 0 Å². The van der Waals surface area contributed by atoms with Crippen molar-refractivity contribution >= 4 is 26.8 Å². The fourth-order valence-corrected chi connectivity index (χ4v) is 2.07. The number of halogens is 1. The molecule has 74 valence electrons. The lowest BCUT2D eigenvalue weighted by Gasteiger charge is -2.03. The molecular weight excluding hydrogens is 242 g/mol. The molecule has 0 aliphatic carbocycles. The van der Waals surface area contributed by atoms with Crippen molar-refractivity contribution in [3.8, 4) is 5.75 Å². The number of ether oxygens (including phenoxy) is 1. The molecule has 0 bridgehead atoms. The number of nitrogens with one attached hydrogen (secondary N) is 1. The van der Waals surface area contributed by atoms with E-state index in [1.54, 1.807) is 7.11 Å². The van der Waals surface area contributed by atoms with Crippen LogP contribution in [0.5, 0.6) is 5.75 Å². The van der Waals surface area contributed by atoms with Crippen LogP contribution in [0.4, 0.5) is 0 Å². The van der Waals surface area contributed by atoms with Crippen LogP contribution in [0.3, 0.4) is 0 Å². The molecule has 3 heteroatoms. The minimum absolute atomic E-state index is 0.897. The van der Waals surface area contributed by atoms with Crippen molar-refractivity contribution in [2.75, 3.05) is 7.11 Å². The zero-order valence-corrected chi connectivity index (χ0v) is 10.0. The average molecular weight is 254 g/mol. The van der Waals surface area contributed by atoms with Crippen molar-refractivity contribution in [1.29, 1.82) is 0 Å². The number of aryl methyl sites for hydroxylation is 2. The fourth-order valence-electron chi connectivity index (χ4n) is 1.66. The summed E-state index contributed by atoms with van der Waals surface area (Å²) in [6.07, 6.45) is 0. The summed E-state index contributed by atoms with van der Waals surface area (Å²) < 4.78 is 6.35. The van der Waals surface area contributed by atoms with E-state index >= 15 is 0 Å². The molecule has 0 saturated heterocycles. The Morgan fingerprint density at radius 1 is 1.29 bits per heavy atom. The first kappa shape index (κ1) is 9.59. The van der Waals surface area contributed by atoms with Gasteiger partial charge in [0.1, 0.15) is 5.75 Å². The number of rotatable bonds is 1. The Hall–Kier alpha value is -0.960. The average Bonchev–Trinajstić information content (AvgIpc) is 2.43. The molecule has 0 radical (unpaired) electrons. The lowest BCUT2D eigenvalue weighted by Crippen LogP contribution is -1.85. The van der Waals surface area contributed by atoms with Crippen molar-refractivity contribution in [2.45, 2.75) is 13.8 Å². The molecule has 2 rings (SSSR count). The first-order chi connectivity index (χ1) is 6.63. The van der Waals surface area contributed by atoms with Gasteiger partial charge in [-0.3, -0.25) is 0 Å². The largest absolute Gasteiger partial charge is 0.495 e. The maximum absolute atomic E-state index is 5.32.